The van der Waals surface area contributed by atoms with Crippen LogP contribution in [-0.2, 0) is 0 Å². The zero-order chi connectivity index (χ0) is 16.2. The van der Waals surface area contributed by atoms with Crippen molar-refractivity contribution in [2.75, 3.05) is 18.9 Å². The van der Waals surface area contributed by atoms with Gasteiger partial charge in [0.2, 0.25) is 0 Å². The second-order valence-electron chi connectivity index (χ2n) is 5.36. The molecule has 118 valence electrons. The van der Waals surface area contributed by atoms with Gasteiger partial charge in [-0.2, -0.15) is 0 Å². The fraction of sp³-hybridized carbons (Fsp3) is 0.235. The summed E-state index contributed by atoms with van der Waals surface area (Å²) < 4.78 is 0. The van der Waals surface area contributed by atoms with Crippen LogP contribution in [0.4, 0.5) is 5.82 Å². The largest absolute Gasteiger partial charge is 0.360 e. The molecule has 6 heteroatoms. The lowest BCUT2D eigenvalue weighted by atomic mass is 10.0. The Morgan fingerprint density at radius 2 is 2.04 bits per heavy atom. The van der Waals surface area contributed by atoms with Crippen LogP contribution in [0.25, 0.3) is 11.0 Å². The van der Waals surface area contributed by atoms with Crippen LogP contribution in [0.15, 0.2) is 42.9 Å². The Morgan fingerprint density at radius 1 is 1.17 bits per heavy atom. The van der Waals surface area contributed by atoms with Gasteiger partial charge in [-0.25, -0.2) is 9.97 Å². The van der Waals surface area contributed by atoms with E-state index in [1.165, 1.54) is 0 Å². The van der Waals surface area contributed by atoms with Gasteiger partial charge in [-0.15, -0.1) is 0 Å². The van der Waals surface area contributed by atoms with E-state index in [-0.39, 0.29) is 6.04 Å². The van der Waals surface area contributed by atoms with Gasteiger partial charge in [-0.05, 0) is 43.3 Å². The highest BCUT2D eigenvalue weighted by molar-refractivity contribution is 6.31. The lowest BCUT2D eigenvalue weighted by Gasteiger charge is -2.20. The Hall–Kier alpha value is -2.24. The van der Waals surface area contributed by atoms with Gasteiger partial charge in [0.1, 0.15) is 11.8 Å². The van der Waals surface area contributed by atoms with Crippen molar-refractivity contribution < 1.29 is 0 Å². The number of hydrogen-bond acceptors (Lipinski definition) is 5. The molecule has 0 radical (unpaired) electrons. The van der Waals surface area contributed by atoms with Crippen LogP contribution < -0.4 is 10.6 Å². The molecule has 1 atom stereocenters. The predicted molar refractivity (Wildman–Crippen MR) is 93.8 cm³/mol. The topological polar surface area (TPSA) is 62.7 Å². The van der Waals surface area contributed by atoms with Crippen LogP contribution in [0.1, 0.15) is 17.2 Å². The van der Waals surface area contributed by atoms with Gasteiger partial charge in [0.05, 0.1) is 11.6 Å². The number of aryl methyl sites for hydroxylation is 1. The number of nitrogens with zero attached hydrogens (tertiary/aromatic N) is 3. The van der Waals surface area contributed by atoms with Crippen LogP contribution >= 0.6 is 11.6 Å². The summed E-state index contributed by atoms with van der Waals surface area (Å²) in [6.45, 7) is 2.75. The molecule has 2 aromatic heterocycles. The smallest absolute Gasteiger partial charge is 0.156 e. The van der Waals surface area contributed by atoms with Gasteiger partial charge in [0.15, 0.2) is 5.82 Å². The molecule has 0 amide bonds. The summed E-state index contributed by atoms with van der Waals surface area (Å²) in [5.74, 6) is 0.725. The quantitative estimate of drug-likeness (QED) is 0.752. The summed E-state index contributed by atoms with van der Waals surface area (Å²) >= 11 is 6.13. The summed E-state index contributed by atoms with van der Waals surface area (Å²) in [6, 6.07) is 9.89. The van der Waals surface area contributed by atoms with E-state index in [0.717, 1.165) is 39.5 Å². The van der Waals surface area contributed by atoms with Crippen molar-refractivity contribution >= 4 is 28.5 Å². The lowest BCUT2D eigenvalue weighted by Crippen LogP contribution is -2.24. The van der Waals surface area contributed by atoms with E-state index in [1.807, 2.05) is 38.2 Å². The molecule has 0 aliphatic rings. The molecule has 2 N–H and O–H groups in total. The van der Waals surface area contributed by atoms with E-state index in [2.05, 4.69) is 31.7 Å². The van der Waals surface area contributed by atoms with Crippen LogP contribution in [-0.4, -0.2) is 28.5 Å². The minimum atomic E-state index is 0.0519. The number of pyridine rings is 1. The van der Waals surface area contributed by atoms with E-state index >= 15 is 0 Å². The van der Waals surface area contributed by atoms with Gasteiger partial charge in [-0.3, -0.25) is 4.98 Å². The van der Waals surface area contributed by atoms with Crippen molar-refractivity contribution in [3.05, 3.63) is 59.0 Å². The SMILES string of the molecule is CNC[C@@H](Nc1ncnc2cccnc12)c1ccc(Cl)c(C)c1. The van der Waals surface area contributed by atoms with E-state index in [9.17, 15) is 0 Å². The standard InChI is InChI=1S/C17H18ClN5/c1-11-8-12(5-6-13(11)18)15(9-19-2)23-17-16-14(21-10-22-17)4-3-7-20-16/h3-8,10,15,19H,9H2,1-2H3,(H,21,22,23)/t15-/m1/s1. The molecular formula is C17H18ClN5. The Balaban J connectivity index is 1.96. The highest BCUT2D eigenvalue weighted by Crippen LogP contribution is 2.25. The molecule has 23 heavy (non-hydrogen) atoms. The van der Waals surface area contributed by atoms with Crippen molar-refractivity contribution in [2.45, 2.75) is 13.0 Å². The summed E-state index contributed by atoms with van der Waals surface area (Å²) in [5, 5.41) is 7.45. The molecule has 0 aliphatic carbocycles. The predicted octanol–water partition coefficient (Wildman–Crippen LogP) is 3.36. The Bertz CT molecular complexity index is 816. The fourth-order valence-electron chi connectivity index (χ4n) is 2.51. The zero-order valence-electron chi connectivity index (χ0n) is 13.0. The van der Waals surface area contributed by atoms with E-state index in [4.69, 9.17) is 11.6 Å². The van der Waals surface area contributed by atoms with Gasteiger partial charge < -0.3 is 10.6 Å². The second kappa shape index (κ2) is 6.89. The summed E-state index contributed by atoms with van der Waals surface area (Å²) in [4.78, 5) is 13.0. The average molecular weight is 328 g/mol. The van der Waals surface area contributed by atoms with Crippen LogP contribution in [0.3, 0.4) is 0 Å². The Kier molecular flexibility index (Phi) is 4.69. The van der Waals surface area contributed by atoms with E-state index in [0.29, 0.717) is 0 Å². The molecule has 0 bridgehead atoms. The maximum atomic E-state index is 6.13. The Morgan fingerprint density at radius 3 is 2.83 bits per heavy atom. The molecule has 3 aromatic rings. The zero-order valence-corrected chi connectivity index (χ0v) is 13.8. The lowest BCUT2D eigenvalue weighted by molar-refractivity contribution is 0.686. The normalized spacial score (nSPS) is 12.3. The number of rotatable bonds is 5. The summed E-state index contributed by atoms with van der Waals surface area (Å²) in [7, 11) is 1.92. The number of nitrogens with one attached hydrogen (secondary N) is 2. The average Bonchev–Trinajstić information content (AvgIpc) is 2.57. The van der Waals surface area contributed by atoms with Gasteiger partial charge in [-0.1, -0.05) is 23.7 Å². The van der Waals surface area contributed by atoms with E-state index in [1.54, 1.807) is 12.5 Å². The molecule has 2 heterocycles. The van der Waals surface area contributed by atoms with Gasteiger partial charge in [0, 0.05) is 17.8 Å². The summed E-state index contributed by atoms with van der Waals surface area (Å²) in [5.41, 5.74) is 3.78. The first-order valence-corrected chi connectivity index (χ1v) is 7.79. The number of benzene rings is 1. The minimum Gasteiger partial charge on any atom is -0.360 e. The van der Waals surface area contributed by atoms with Gasteiger partial charge >= 0.3 is 0 Å². The monoisotopic (exact) mass is 327 g/mol. The number of likely N-dealkylation sites (N-methyl/N-ethyl adjacent to an activating group) is 1. The highest BCUT2D eigenvalue weighted by Gasteiger charge is 2.14. The fourth-order valence-corrected chi connectivity index (χ4v) is 2.62. The third kappa shape index (κ3) is 3.41. The van der Waals surface area contributed by atoms with E-state index < -0.39 is 0 Å². The molecule has 3 rings (SSSR count). The van der Waals surface area contributed by atoms with Crippen molar-refractivity contribution in [3.8, 4) is 0 Å². The first kappa shape index (κ1) is 15.6. The summed E-state index contributed by atoms with van der Waals surface area (Å²) in [6.07, 6.45) is 3.30. The molecule has 0 spiro atoms. The van der Waals surface area contributed by atoms with Crippen molar-refractivity contribution in [1.82, 2.24) is 20.3 Å². The molecule has 5 nitrogen and oxygen atoms in total. The van der Waals surface area contributed by atoms with Crippen molar-refractivity contribution in [2.24, 2.45) is 0 Å². The molecule has 0 aliphatic heterocycles. The molecule has 1 aromatic carbocycles. The third-order valence-electron chi connectivity index (χ3n) is 3.70. The number of aromatic nitrogens is 3. The third-order valence-corrected chi connectivity index (χ3v) is 4.12. The van der Waals surface area contributed by atoms with Crippen molar-refractivity contribution in [3.63, 3.8) is 0 Å². The number of hydrogen-bond donors (Lipinski definition) is 2. The molecule has 0 saturated carbocycles. The molecule has 0 fully saturated rings. The molecular weight excluding hydrogens is 310 g/mol. The van der Waals surface area contributed by atoms with Crippen LogP contribution in [0, 0.1) is 6.92 Å². The number of anilines is 1. The second-order valence-corrected chi connectivity index (χ2v) is 5.76. The molecule has 0 saturated heterocycles. The molecule has 0 unspecified atom stereocenters. The van der Waals surface area contributed by atoms with Gasteiger partial charge in [0.25, 0.3) is 0 Å². The number of fused-ring (bicyclic) bond motifs is 1. The first-order chi connectivity index (χ1) is 11.2. The number of halogens is 1. The highest BCUT2D eigenvalue weighted by atomic mass is 35.5. The van der Waals surface area contributed by atoms with Crippen LogP contribution in [0.5, 0.6) is 0 Å². The van der Waals surface area contributed by atoms with Crippen LogP contribution in [0.2, 0.25) is 5.02 Å². The minimum absolute atomic E-state index is 0.0519. The van der Waals surface area contributed by atoms with Crippen molar-refractivity contribution in [1.29, 1.82) is 0 Å². The Labute approximate surface area is 140 Å². The first-order valence-electron chi connectivity index (χ1n) is 7.42. The maximum absolute atomic E-state index is 6.13. The maximum Gasteiger partial charge on any atom is 0.156 e.